The Balaban J connectivity index is 1.73. The van der Waals surface area contributed by atoms with Gasteiger partial charge in [-0.15, -0.1) is 0 Å². The minimum Gasteiger partial charge on any atom is -0.459 e. The van der Waals surface area contributed by atoms with Gasteiger partial charge in [0.1, 0.15) is 0 Å². The zero-order chi connectivity index (χ0) is 20.1. The van der Waals surface area contributed by atoms with Gasteiger partial charge in [0.05, 0.1) is 16.9 Å². The molecule has 0 atom stereocenters. The third-order valence-corrected chi connectivity index (χ3v) is 6.14. The SMILES string of the molecule is O=C(Nc1ccc(SC(F)F)cc1)c1occc1CS(=O)(=O)c1ccccc1. The maximum Gasteiger partial charge on any atom is 0.291 e. The van der Waals surface area contributed by atoms with Gasteiger partial charge in [-0.3, -0.25) is 4.79 Å². The first-order chi connectivity index (χ1) is 13.3. The number of carbonyl (C=O) groups excluding carboxylic acids is 1. The molecule has 1 aromatic heterocycles. The smallest absolute Gasteiger partial charge is 0.291 e. The number of thioether (sulfide) groups is 1. The fraction of sp³-hybridized carbons (Fsp3) is 0.105. The summed E-state index contributed by atoms with van der Waals surface area (Å²) in [5.41, 5.74) is 0.600. The van der Waals surface area contributed by atoms with Crippen molar-refractivity contribution in [2.45, 2.75) is 21.3 Å². The van der Waals surface area contributed by atoms with E-state index in [1.54, 1.807) is 18.2 Å². The highest BCUT2D eigenvalue weighted by Crippen LogP contribution is 2.26. The first-order valence-electron chi connectivity index (χ1n) is 8.05. The lowest BCUT2D eigenvalue weighted by Gasteiger charge is -2.07. The van der Waals surface area contributed by atoms with Gasteiger partial charge in [-0.25, -0.2) is 8.42 Å². The zero-order valence-electron chi connectivity index (χ0n) is 14.3. The van der Waals surface area contributed by atoms with Crippen molar-refractivity contribution in [1.29, 1.82) is 0 Å². The molecule has 1 heterocycles. The van der Waals surface area contributed by atoms with Crippen LogP contribution in [0.2, 0.25) is 0 Å². The molecule has 3 rings (SSSR count). The van der Waals surface area contributed by atoms with Crippen molar-refractivity contribution in [3.8, 4) is 0 Å². The number of hydrogen-bond acceptors (Lipinski definition) is 5. The maximum atomic E-state index is 12.5. The van der Waals surface area contributed by atoms with Crippen molar-refractivity contribution in [3.63, 3.8) is 0 Å². The molecule has 0 bridgehead atoms. The molecule has 0 fully saturated rings. The van der Waals surface area contributed by atoms with Crippen molar-refractivity contribution >= 4 is 33.2 Å². The third kappa shape index (κ3) is 4.99. The number of anilines is 1. The van der Waals surface area contributed by atoms with Crippen LogP contribution < -0.4 is 5.32 Å². The number of benzene rings is 2. The molecular formula is C19H15F2NO4S2. The van der Waals surface area contributed by atoms with Crippen molar-refractivity contribution < 1.29 is 26.4 Å². The van der Waals surface area contributed by atoms with Gasteiger partial charge in [0, 0.05) is 16.1 Å². The summed E-state index contributed by atoms with van der Waals surface area (Å²) < 4.78 is 54.9. The lowest BCUT2D eigenvalue weighted by Crippen LogP contribution is -2.14. The van der Waals surface area contributed by atoms with E-state index >= 15 is 0 Å². The summed E-state index contributed by atoms with van der Waals surface area (Å²) in [7, 11) is -3.64. The highest BCUT2D eigenvalue weighted by molar-refractivity contribution is 7.99. The first-order valence-corrected chi connectivity index (χ1v) is 10.6. The molecular weight excluding hydrogens is 408 g/mol. The molecule has 146 valence electrons. The largest absolute Gasteiger partial charge is 0.459 e. The lowest BCUT2D eigenvalue weighted by atomic mass is 10.2. The second-order valence-corrected chi connectivity index (χ2v) is 8.76. The molecule has 0 spiro atoms. The molecule has 28 heavy (non-hydrogen) atoms. The van der Waals surface area contributed by atoms with E-state index in [1.165, 1.54) is 48.7 Å². The average molecular weight is 423 g/mol. The minimum absolute atomic E-state index is 0.120. The summed E-state index contributed by atoms with van der Waals surface area (Å²) in [6, 6.07) is 15.2. The minimum atomic E-state index is -3.64. The molecule has 1 amide bonds. The van der Waals surface area contributed by atoms with Gasteiger partial charge < -0.3 is 9.73 Å². The maximum absolute atomic E-state index is 12.5. The van der Waals surface area contributed by atoms with E-state index in [0.717, 1.165) is 0 Å². The van der Waals surface area contributed by atoms with Crippen LogP contribution in [-0.4, -0.2) is 20.1 Å². The summed E-state index contributed by atoms with van der Waals surface area (Å²) >= 11 is 0.399. The molecule has 0 aliphatic carbocycles. The van der Waals surface area contributed by atoms with Gasteiger partial charge in [-0.1, -0.05) is 30.0 Å². The van der Waals surface area contributed by atoms with Crippen LogP contribution in [-0.2, 0) is 15.6 Å². The van der Waals surface area contributed by atoms with E-state index < -0.39 is 21.5 Å². The summed E-state index contributed by atoms with van der Waals surface area (Å²) in [6.07, 6.45) is 1.24. The van der Waals surface area contributed by atoms with E-state index in [4.69, 9.17) is 4.42 Å². The molecule has 0 saturated heterocycles. The molecule has 5 nitrogen and oxygen atoms in total. The van der Waals surface area contributed by atoms with Crippen LogP contribution >= 0.6 is 11.8 Å². The van der Waals surface area contributed by atoms with E-state index in [9.17, 15) is 22.0 Å². The lowest BCUT2D eigenvalue weighted by molar-refractivity contribution is 0.0995. The van der Waals surface area contributed by atoms with Crippen molar-refractivity contribution in [3.05, 3.63) is 78.3 Å². The fourth-order valence-electron chi connectivity index (χ4n) is 2.47. The Morgan fingerprint density at radius 2 is 1.71 bits per heavy atom. The number of furan rings is 1. The quantitative estimate of drug-likeness (QED) is 0.552. The second-order valence-electron chi connectivity index (χ2n) is 5.70. The van der Waals surface area contributed by atoms with E-state index in [-0.39, 0.29) is 22.0 Å². The van der Waals surface area contributed by atoms with Gasteiger partial charge in [0.15, 0.2) is 15.6 Å². The Bertz CT molecular complexity index is 1050. The molecule has 3 aromatic rings. The van der Waals surface area contributed by atoms with Crippen LogP contribution in [0.1, 0.15) is 16.1 Å². The number of carbonyl (C=O) groups is 1. The summed E-state index contributed by atoms with van der Waals surface area (Å²) in [5, 5.41) is 2.57. The van der Waals surface area contributed by atoms with E-state index in [1.807, 2.05) is 0 Å². The van der Waals surface area contributed by atoms with Crippen LogP contribution in [0, 0.1) is 0 Å². The van der Waals surface area contributed by atoms with Crippen LogP contribution in [0.5, 0.6) is 0 Å². The fourth-order valence-corrected chi connectivity index (χ4v) is 4.35. The summed E-state index contributed by atoms with van der Waals surface area (Å²) in [4.78, 5) is 13.0. The predicted molar refractivity (Wildman–Crippen MR) is 102 cm³/mol. The second kappa shape index (κ2) is 8.57. The van der Waals surface area contributed by atoms with Crippen molar-refractivity contribution in [2.75, 3.05) is 5.32 Å². The van der Waals surface area contributed by atoms with Gasteiger partial charge in [-0.05, 0) is 42.5 Å². The van der Waals surface area contributed by atoms with E-state index in [0.29, 0.717) is 22.3 Å². The predicted octanol–water partition coefficient (Wildman–Crippen LogP) is 4.82. The van der Waals surface area contributed by atoms with Gasteiger partial charge in [0.2, 0.25) is 0 Å². The highest BCUT2D eigenvalue weighted by Gasteiger charge is 2.22. The Labute approximate surface area is 164 Å². The molecule has 9 heteroatoms. The Morgan fingerprint density at radius 3 is 2.36 bits per heavy atom. The van der Waals surface area contributed by atoms with Crippen molar-refractivity contribution in [1.82, 2.24) is 0 Å². The van der Waals surface area contributed by atoms with Gasteiger partial charge in [0.25, 0.3) is 11.7 Å². The standard InChI is InChI=1S/C19H15F2NO4S2/c20-19(21)27-15-8-6-14(7-9-15)22-18(23)17-13(10-11-26-17)12-28(24,25)16-4-2-1-3-5-16/h1-11,19H,12H2,(H,22,23). The van der Waals surface area contributed by atoms with Crippen LogP contribution in [0.3, 0.4) is 0 Å². The molecule has 0 aliphatic rings. The van der Waals surface area contributed by atoms with Crippen LogP contribution in [0.25, 0.3) is 0 Å². The summed E-state index contributed by atoms with van der Waals surface area (Å²) in [5.74, 6) is -3.67. The number of halogens is 2. The number of hydrogen-bond donors (Lipinski definition) is 1. The van der Waals surface area contributed by atoms with Crippen LogP contribution in [0.4, 0.5) is 14.5 Å². The molecule has 0 radical (unpaired) electrons. The normalized spacial score (nSPS) is 11.5. The zero-order valence-corrected chi connectivity index (χ0v) is 16.0. The molecule has 0 aliphatic heterocycles. The Kier molecular flexibility index (Phi) is 6.15. The number of rotatable bonds is 7. The molecule has 0 saturated carbocycles. The van der Waals surface area contributed by atoms with E-state index in [2.05, 4.69) is 5.32 Å². The number of alkyl halides is 2. The van der Waals surface area contributed by atoms with Gasteiger partial charge in [-0.2, -0.15) is 8.78 Å². The van der Waals surface area contributed by atoms with Crippen molar-refractivity contribution in [2.24, 2.45) is 0 Å². The molecule has 0 unspecified atom stereocenters. The summed E-state index contributed by atoms with van der Waals surface area (Å²) in [6.45, 7) is 0. The Hall–Kier alpha value is -2.65. The monoisotopic (exact) mass is 423 g/mol. The first kappa shape index (κ1) is 20.1. The number of nitrogens with one attached hydrogen (secondary N) is 1. The number of amides is 1. The average Bonchev–Trinajstić information content (AvgIpc) is 3.11. The molecule has 1 N–H and O–H groups in total. The Morgan fingerprint density at radius 1 is 1.04 bits per heavy atom. The number of sulfone groups is 1. The van der Waals surface area contributed by atoms with Gasteiger partial charge >= 0.3 is 0 Å². The third-order valence-electron chi connectivity index (χ3n) is 3.74. The highest BCUT2D eigenvalue weighted by atomic mass is 32.2. The molecule has 2 aromatic carbocycles. The topological polar surface area (TPSA) is 76.4 Å². The van der Waals surface area contributed by atoms with Crippen LogP contribution in [0.15, 0.2) is 81.1 Å².